The monoisotopic (exact) mass is 225 g/mol. The van der Waals surface area contributed by atoms with Crippen LogP contribution in [-0.4, -0.2) is 14.8 Å². The van der Waals surface area contributed by atoms with Crippen molar-refractivity contribution in [3.05, 3.63) is 22.4 Å². The molecule has 0 radical (unpaired) electrons. The summed E-state index contributed by atoms with van der Waals surface area (Å²) in [5, 5.41) is 5.18. The van der Waals surface area contributed by atoms with Crippen molar-refractivity contribution < 1.29 is 0 Å². The quantitative estimate of drug-likeness (QED) is 0.688. The largest absolute Gasteiger partial charge is 0.250 e. The first-order valence-electron chi connectivity index (χ1n) is 3.63. The van der Waals surface area contributed by atoms with Crippen molar-refractivity contribution in [2.75, 3.05) is 0 Å². The zero-order valence-electron chi connectivity index (χ0n) is 6.87. The Morgan fingerprint density at radius 1 is 1.50 bits per heavy atom. The van der Waals surface area contributed by atoms with Gasteiger partial charge in [0.2, 0.25) is 0 Å². The van der Waals surface area contributed by atoms with E-state index in [1.54, 1.807) is 4.68 Å². The van der Waals surface area contributed by atoms with Crippen LogP contribution in [0.2, 0.25) is 0 Å². The van der Waals surface area contributed by atoms with Gasteiger partial charge in [-0.25, -0.2) is 4.98 Å². The Balaban J connectivity index is 2.87. The van der Waals surface area contributed by atoms with Crippen molar-refractivity contribution in [3.63, 3.8) is 0 Å². The van der Waals surface area contributed by atoms with Gasteiger partial charge in [-0.2, -0.15) is 5.10 Å². The Bertz CT molecular complexity index is 433. The normalized spacial score (nSPS) is 10.9. The van der Waals surface area contributed by atoms with Gasteiger partial charge in [0, 0.05) is 16.9 Å². The summed E-state index contributed by atoms with van der Waals surface area (Å²) in [6.45, 7) is 1.97. The van der Waals surface area contributed by atoms with E-state index in [0.717, 1.165) is 21.2 Å². The lowest BCUT2D eigenvalue weighted by Crippen LogP contribution is -1.93. The molecule has 0 unspecified atom stereocenters. The molecule has 0 atom stereocenters. The summed E-state index contributed by atoms with van der Waals surface area (Å²) in [7, 11) is 1.89. The molecule has 0 aromatic carbocycles. The molecule has 0 aliphatic heterocycles. The second-order valence-corrected chi connectivity index (χ2v) is 3.59. The fourth-order valence-corrected chi connectivity index (χ4v) is 1.48. The van der Waals surface area contributed by atoms with E-state index >= 15 is 0 Å². The first-order chi connectivity index (χ1) is 5.68. The summed E-state index contributed by atoms with van der Waals surface area (Å²) < 4.78 is 2.80. The van der Waals surface area contributed by atoms with E-state index in [2.05, 4.69) is 26.0 Å². The van der Waals surface area contributed by atoms with Crippen molar-refractivity contribution in [1.82, 2.24) is 14.8 Å². The van der Waals surface area contributed by atoms with Crippen LogP contribution in [0.15, 0.2) is 16.7 Å². The predicted molar refractivity (Wildman–Crippen MR) is 50.9 cm³/mol. The summed E-state index contributed by atoms with van der Waals surface area (Å²) in [5.74, 6) is 0. The smallest absolute Gasteiger partial charge is 0.157 e. The SMILES string of the molecule is Cc1nc2c(cnn2C)cc1Br. The van der Waals surface area contributed by atoms with Gasteiger partial charge >= 0.3 is 0 Å². The molecular formula is C8H8BrN3. The summed E-state index contributed by atoms with van der Waals surface area (Å²) in [4.78, 5) is 4.39. The standard InChI is InChI=1S/C8H8BrN3/c1-5-7(9)3-6-4-10-12(2)8(6)11-5/h3-4H,1-2H3. The van der Waals surface area contributed by atoms with Gasteiger partial charge in [0.1, 0.15) is 0 Å². The lowest BCUT2D eigenvalue weighted by Gasteiger charge is -1.97. The number of nitrogens with zero attached hydrogens (tertiary/aromatic N) is 3. The summed E-state index contributed by atoms with van der Waals surface area (Å²) in [6.07, 6.45) is 1.81. The molecule has 4 heteroatoms. The van der Waals surface area contributed by atoms with Crippen molar-refractivity contribution in [2.24, 2.45) is 7.05 Å². The second kappa shape index (κ2) is 2.55. The molecule has 0 aliphatic carbocycles. The van der Waals surface area contributed by atoms with Gasteiger partial charge in [-0.3, -0.25) is 4.68 Å². The zero-order valence-corrected chi connectivity index (χ0v) is 8.46. The molecule has 2 rings (SSSR count). The Labute approximate surface area is 78.5 Å². The van der Waals surface area contributed by atoms with Crippen LogP contribution in [0.4, 0.5) is 0 Å². The van der Waals surface area contributed by atoms with E-state index in [0.29, 0.717) is 0 Å². The highest BCUT2D eigenvalue weighted by Gasteiger charge is 2.03. The molecular weight excluding hydrogens is 218 g/mol. The molecule has 0 aliphatic rings. The molecule has 2 aromatic rings. The van der Waals surface area contributed by atoms with E-state index in [-0.39, 0.29) is 0 Å². The van der Waals surface area contributed by atoms with Crippen LogP contribution < -0.4 is 0 Å². The van der Waals surface area contributed by atoms with E-state index in [4.69, 9.17) is 0 Å². The maximum Gasteiger partial charge on any atom is 0.157 e. The Morgan fingerprint density at radius 3 is 3.00 bits per heavy atom. The van der Waals surface area contributed by atoms with E-state index in [1.807, 2.05) is 26.2 Å². The lowest BCUT2D eigenvalue weighted by atomic mass is 10.3. The highest BCUT2D eigenvalue weighted by Crippen LogP contribution is 2.19. The molecule has 0 bridgehead atoms. The van der Waals surface area contributed by atoms with Gasteiger partial charge in [0.25, 0.3) is 0 Å². The van der Waals surface area contributed by atoms with Crippen molar-refractivity contribution >= 4 is 27.0 Å². The van der Waals surface area contributed by atoms with Gasteiger partial charge in [-0.1, -0.05) is 0 Å². The lowest BCUT2D eigenvalue weighted by molar-refractivity contribution is 0.784. The fourth-order valence-electron chi connectivity index (χ4n) is 1.14. The van der Waals surface area contributed by atoms with Crippen LogP contribution in [0.1, 0.15) is 5.69 Å². The third kappa shape index (κ3) is 1.03. The minimum absolute atomic E-state index is 0.927. The highest BCUT2D eigenvalue weighted by molar-refractivity contribution is 9.10. The molecule has 0 fully saturated rings. The summed E-state index contributed by atoms with van der Waals surface area (Å²) in [6, 6.07) is 2.03. The Hall–Kier alpha value is -0.900. The number of halogens is 1. The Morgan fingerprint density at radius 2 is 2.25 bits per heavy atom. The number of aryl methyl sites for hydroxylation is 2. The van der Waals surface area contributed by atoms with Gasteiger partial charge < -0.3 is 0 Å². The molecule has 62 valence electrons. The Kier molecular flexibility index (Phi) is 1.65. The van der Waals surface area contributed by atoms with Crippen LogP contribution in [0.5, 0.6) is 0 Å². The number of aromatic nitrogens is 3. The minimum atomic E-state index is 0.927. The molecule has 2 heterocycles. The second-order valence-electron chi connectivity index (χ2n) is 2.74. The number of hydrogen-bond donors (Lipinski definition) is 0. The third-order valence-corrected chi connectivity index (χ3v) is 2.64. The van der Waals surface area contributed by atoms with Crippen molar-refractivity contribution in [3.8, 4) is 0 Å². The average Bonchev–Trinajstić information content (AvgIpc) is 2.35. The van der Waals surface area contributed by atoms with Crippen LogP contribution in [0.3, 0.4) is 0 Å². The molecule has 12 heavy (non-hydrogen) atoms. The molecule has 0 N–H and O–H groups in total. The van der Waals surface area contributed by atoms with Gasteiger partial charge in [0.05, 0.1) is 11.9 Å². The molecule has 2 aromatic heterocycles. The average molecular weight is 226 g/mol. The first-order valence-corrected chi connectivity index (χ1v) is 4.42. The van der Waals surface area contributed by atoms with E-state index < -0.39 is 0 Å². The molecule has 0 saturated carbocycles. The topological polar surface area (TPSA) is 30.7 Å². The molecule has 3 nitrogen and oxygen atoms in total. The number of rotatable bonds is 0. The maximum absolute atomic E-state index is 4.39. The minimum Gasteiger partial charge on any atom is -0.250 e. The number of hydrogen-bond acceptors (Lipinski definition) is 2. The number of fused-ring (bicyclic) bond motifs is 1. The van der Waals surface area contributed by atoms with Crippen LogP contribution in [-0.2, 0) is 7.05 Å². The fraction of sp³-hybridized carbons (Fsp3) is 0.250. The predicted octanol–water partition coefficient (Wildman–Crippen LogP) is 2.04. The first kappa shape index (κ1) is 7.73. The molecule has 0 amide bonds. The summed E-state index contributed by atoms with van der Waals surface area (Å²) >= 11 is 3.43. The van der Waals surface area contributed by atoms with E-state index in [1.165, 1.54) is 0 Å². The molecule has 0 saturated heterocycles. The number of pyridine rings is 1. The maximum atomic E-state index is 4.39. The van der Waals surface area contributed by atoms with Gasteiger partial charge in [0.15, 0.2) is 5.65 Å². The van der Waals surface area contributed by atoms with Crippen molar-refractivity contribution in [2.45, 2.75) is 6.92 Å². The van der Waals surface area contributed by atoms with Crippen LogP contribution in [0, 0.1) is 6.92 Å². The molecule has 0 spiro atoms. The van der Waals surface area contributed by atoms with Gasteiger partial charge in [-0.05, 0) is 28.9 Å². The van der Waals surface area contributed by atoms with Gasteiger partial charge in [-0.15, -0.1) is 0 Å². The van der Waals surface area contributed by atoms with Crippen LogP contribution >= 0.6 is 15.9 Å². The highest BCUT2D eigenvalue weighted by atomic mass is 79.9. The van der Waals surface area contributed by atoms with Crippen molar-refractivity contribution in [1.29, 1.82) is 0 Å². The van der Waals surface area contributed by atoms with Crippen LogP contribution in [0.25, 0.3) is 11.0 Å². The zero-order chi connectivity index (χ0) is 8.72. The third-order valence-electron chi connectivity index (χ3n) is 1.84. The summed E-state index contributed by atoms with van der Waals surface area (Å²) in [5.41, 5.74) is 1.92. The van der Waals surface area contributed by atoms with E-state index in [9.17, 15) is 0 Å².